The molecule has 2 heterocycles. The molecule has 0 bridgehead atoms. The summed E-state index contributed by atoms with van der Waals surface area (Å²) in [6, 6.07) is 10.9. The SMILES string of the molecule is COc1cc(CNC(=O)[C@@H]2Oc3ccccc3O[C@@H]2C)ccn1. The third-order valence-corrected chi connectivity index (χ3v) is 3.58. The maximum Gasteiger partial charge on any atom is 0.265 e. The summed E-state index contributed by atoms with van der Waals surface area (Å²) in [4.78, 5) is 16.4. The van der Waals surface area contributed by atoms with Crippen LogP contribution in [0.5, 0.6) is 17.4 Å². The molecule has 0 fully saturated rings. The molecule has 6 heteroatoms. The number of benzene rings is 1. The summed E-state index contributed by atoms with van der Waals surface area (Å²) < 4.78 is 16.6. The van der Waals surface area contributed by atoms with Crippen LogP contribution in [0.3, 0.4) is 0 Å². The van der Waals surface area contributed by atoms with Crippen molar-refractivity contribution in [3.63, 3.8) is 0 Å². The Kier molecular flexibility index (Phi) is 4.32. The van der Waals surface area contributed by atoms with Gasteiger partial charge in [0.2, 0.25) is 12.0 Å². The fraction of sp³-hybridized carbons (Fsp3) is 0.294. The molecular formula is C17H18N2O4. The molecule has 2 aromatic rings. The first-order chi connectivity index (χ1) is 11.2. The summed E-state index contributed by atoms with van der Waals surface area (Å²) in [6.07, 6.45) is 0.588. The Morgan fingerprint density at radius 3 is 2.74 bits per heavy atom. The molecule has 0 saturated heterocycles. The number of pyridine rings is 1. The molecule has 23 heavy (non-hydrogen) atoms. The molecule has 0 spiro atoms. The Morgan fingerprint density at radius 1 is 1.26 bits per heavy atom. The van der Waals surface area contributed by atoms with Crippen LogP contribution in [-0.2, 0) is 11.3 Å². The van der Waals surface area contributed by atoms with Crippen LogP contribution < -0.4 is 19.5 Å². The Labute approximate surface area is 134 Å². The quantitative estimate of drug-likeness (QED) is 0.934. The monoisotopic (exact) mass is 314 g/mol. The number of carbonyl (C=O) groups excluding carboxylic acids is 1. The molecular weight excluding hydrogens is 296 g/mol. The fourth-order valence-corrected chi connectivity index (χ4v) is 2.37. The molecule has 1 aromatic carbocycles. The van der Waals surface area contributed by atoms with E-state index >= 15 is 0 Å². The molecule has 3 rings (SSSR count). The minimum absolute atomic E-state index is 0.220. The Balaban J connectivity index is 1.64. The highest BCUT2D eigenvalue weighted by molar-refractivity contribution is 5.82. The first-order valence-electron chi connectivity index (χ1n) is 7.36. The maximum absolute atomic E-state index is 12.4. The van der Waals surface area contributed by atoms with Crippen LogP contribution in [-0.4, -0.2) is 30.2 Å². The maximum atomic E-state index is 12.4. The topological polar surface area (TPSA) is 69.7 Å². The average Bonchev–Trinajstić information content (AvgIpc) is 2.59. The van der Waals surface area contributed by atoms with Crippen molar-refractivity contribution in [1.29, 1.82) is 0 Å². The highest BCUT2D eigenvalue weighted by Crippen LogP contribution is 2.33. The molecule has 120 valence electrons. The molecule has 1 aromatic heterocycles. The molecule has 1 aliphatic rings. The Bertz CT molecular complexity index is 704. The zero-order chi connectivity index (χ0) is 16.2. The molecule has 1 amide bonds. The predicted molar refractivity (Wildman–Crippen MR) is 83.6 cm³/mol. The van der Waals surface area contributed by atoms with E-state index in [4.69, 9.17) is 14.2 Å². The largest absolute Gasteiger partial charge is 0.482 e. The highest BCUT2D eigenvalue weighted by Gasteiger charge is 2.33. The lowest BCUT2D eigenvalue weighted by Gasteiger charge is -2.31. The van der Waals surface area contributed by atoms with E-state index in [9.17, 15) is 4.79 Å². The van der Waals surface area contributed by atoms with Crippen molar-refractivity contribution in [1.82, 2.24) is 10.3 Å². The van der Waals surface area contributed by atoms with Gasteiger partial charge in [0.15, 0.2) is 11.5 Å². The zero-order valence-electron chi connectivity index (χ0n) is 13.0. The third kappa shape index (κ3) is 3.36. The first kappa shape index (κ1) is 15.1. The summed E-state index contributed by atoms with van der Waals surface area (Å²) in [7, 11) is 1.55. The van der Waals surface area contributed by atoms with Crippen LogP contribution in [0.25, 0.3) is 0 Å². The van der Waals surface area contributed by atoms with Crippen molar-refractivity contribution < 1.29 is 19.0 Å². The molecule has 2 atom stereocenters. The predicted octanol–water partition coefficient (Wildman–Crippen LogP) is 1.93. The minimum Gasteiger partial charge on any atom is -0.482 e. The van der Waals surface area contributed by atoms with Crippen LogP contribution >= 0.6 is 0 Å². The van der Waals surface area contributed by atoms with Gasteiger partial charge in [-0.15, -0.1) is 0 Å². The van der Waals surface area contributed by atoms with Crippen molar-refractivity contribution in [2.75, 3.05) is 7.11 Å². The number of hydrogen-bond acceptors (Lipinski definition) is 5. The van der Waals surface area contributed by atoms with Gasteiger partial charge in [-0.2, -0.15) is 0 Å². The first-order valence-corrected chi connectivity index (χ1v) is 7.36. The average molecular weight is 314 g/mol. The van der Waals surface area contributed by atoms with E-state index in [0.717, 1.165) is 5.56 Å². The van der Waals surface area contributed by atoms with Crippen LogP contribution in [0.4, 0.5) is 0 Å². The standard InChI is InChI=1S/C17H18N2O4/c1-11-16(23-14-6-4-3-5-13(14)22-11)17(20)19-10-12-7-8-18-15(9-12)21-2/h3-9,11,16H,10H2,1-2H3,(H,19,20)/t11-,16-/m1/s1. The number of amides is 1. The van der Waals surface area contributed by atoms with E-state index in [2.05, 4.69) is 10.3 Å². The third-order valence-electron chi connectivity index (χ3n) is 3.58. The van der Waals surface area contributed by atoms with Crippen molar-refractivity contribution in [2.45, 2.75) is 25.7 Å². The van der Waals surface area contributed by atoms with E-state index in [1.54, 1.807) is 25.4 Å². The summed E-state index contributed by atoms with van der Waals surface area (Å²) in [5.74, 6) is 1.53. The van der Waals surface area contributed by atoms with Crippen LogP contribution in [0, 0.1) is 0 Å². The zero-order valence-corrected chi connectivity index (χ0v) is 13.0. The number of rotatable bonds is 4. The number of methoxy groups -OCH3 is 1. The summed E-state index contributed by atoms with van der Waals surface area (Å²) in [5.41, 5.74) is 0.898. The minimum atomic E-state index is -0.686. The lowest BCUT2D eigenvalue weighted by molar-refractivity contribution is -0.133. The van der Waals surface area contributed by atoms with Gasteiger partial charge in [0.25, 0.3) is 5.91 Å². The van der Waals surface area contributed by atoms with Gasteiger partial charge in [0.1, 0.15) is 6.10 Å². The van der Waals surface area contributed by atoms with Crippen molar-refractivity contribution in [3.8, 4) is 17.4 Å². The molecule has 1 N–H and O–H groups in total. The second-order valence-corrected chi connectivity index (χ2v) is 5.23. The number of hydrogen-bond donors (Lipinski definition) is 1. The van der Waals surface area contributed by atoms with Crippen LogP contribution in [0.1, 0.15) is 12.5 Å². The van der Waals surface area contributed by atoms with Crippen LogP contribution in [0.2, 0.25) is 0 Å². The van der Waals surface area contributed by atoms with Gasteiger partial charge in [-0.1, -0.05) is 12.1 Å². The van der Waals surface area contributed by atoms with Gasteiger partial charge in [-0.25, -0.2) is 4.98 Å². The van der Waals surface area contributed by atoms with E-state index in [1.807, 2.05) is 31.2 Å². The summed E-state index contributed by atoms with van der Waals surface area (Å²) in [5, 5.41) is 2.85. The van der Waals surface area contributed by atoms with Gasteiger partial charge in [0, 0.05) is 18.8 Å². The smallest absolute Gasteiger partial charge is 0.265 e. The summed E-state index contributed by atoms with van der Waals surface area (Å²) >= 11 is 0. The molecule has 1 aliphatic heterocycles. The van der Waals surface area contributed by atoms with Gasteiger partial charge < -0.3 is 19.5 Å². The lowest BCUT2D eigenvalue weighted by Crippen LogP contribution is -2.48. The van der Waals surface area contributed by atoms with E-state index in [-0.39, 0.29) is 12.0 Å². The van der Waals surface area contributed by atoms with E-state index < -0.39 is 6.10 Å². The number of aromatic nitrogens is 1. The second kappa shape index (κ2) is 6.56. The lowest BCUT2D eigenvalue weighted by atomic mass is 10.1. The molecule has 0 radical (unpaired) electrons. The highest BCUT2D eigenvalue weighted by atomic mass is 16.6. The Hall–Kier alpha value is -2.76. The molecule has 0 aliphatic carbocycles. The number of nitrogens with zero attached hydrogens (tertiary/aromatic N) is 1. The number of carbonyl (C=O) groups is 1. The van der Waals surface area contributed by atoms with Crippen LogP contribution in [0.15, 0.2) is 42.6 Å². The Morgan fingerprint density at radius 2 is 2.00 bits per heavy atom. The van der Waals surface area contributed by atoms with Gasteiger partial charge in [-0.05, 0) is 30.7 Å². The normalized spacial score (nSPS) is 19.0. The number of para-hydroxylation sites is 2. The molecule has 0 saturated carbocycles. The number of ether oxygens (including phenoxy) is 3. The molecule has 6 nitrogen and oxygen atoms in total. The fourth-order valence-electron chi connectivity index (χ4n) is 2.37. The van der Waals surface area contributed by atoms with E-state index in [0.29, 0.717) is 23.9 Å². The van der Waals surface area contributed by atoms with E-state index in [1.165, 1.54) is 0 Å². The number of fused-ring (bicyclic) bond motifs is 1. The van der Waals surface area contributed by atoms with Gasteiger partial charge >= 0.3 is 0 Å². The van der Waals surface area contributed by atoms with Crippen molar-refractivity contribution in [2.24, 2.45) is 0 Å². The van der Waals surface area contributed by atoms with Gasteiger partial charge in [-0.3, -0.25) is 4.79 Å². The second-order valence-electron chi connectivity index (χ2n) is 5.23. The van der Waals surface area contributed by atoms with Crippen molar-refractivity contribution >= 4 is 5.91 Å². The van der Waals surface area contributed by atoms with Crippen molar-refractivity contribution in [3.05, 3.63) is 48.2 Å². The number of nitrogens with one attached hydrogen (secondary N) is 1. The molecule has 0 unspecified atom stereocenters. The summed E-state index contributed by atoms with van der Waals surface area (Å²) in [6.45, 7) is 2.18. The van der Waals surface area contributed by atoms with Gasteiger partial charge in [0.05, 0.1) is 7.11 Å².